The molecule has 0 saturated heterocycles. The first kappa shape index (κ1) is 20.4. The summed E-state index contributed by atoms with van der Waals surface area (Å²) in [5.41, 5.74) is -0.0627. The summed E-state index contributed by atoms with van der Waals surface area (Å²) in [5.74, 6) is -1.87. The number of carbonyl (C=O) groups is 2. The van der Waals surface area contributed by atoms with E-state index in [-0.39, 0.29) is 16.1 Å². The number of carbonyl (C=O) groups excluding carboxylic acids is 2. The molecule has 7 nitrogen and oxygen atoms in total. The van der Waals surface area contributed by atoms with Crippen LogP contribution >= 0.6 is 0 Å². The van der Waals surface area contributed by atoms with Gasteiger partial charge in [0.15, 0.2) is 6.61 Å². The van der Waals surface area contributed by atoms with Crippen LogP contribution in [0.5, 0.6) is 0 Å². The van der Waals surface area contributed by atoms with Crippen molar-refractivity contribution in [2.75, 3.05) is 17.9 Å². The molecule has 0 heterocycles. The van der Waals surface area contributed by atoms with Crippen molar-refractivity contribution < 1.29 is 27.1 Å². The maximum atomic E-state index is 13.0. The van der Waals surface area contributed by atoms with Crippen molar-refractivity contribution in [2.45, 2.75) is 18.2 Å². The molecule has 27 heavy (non-hydrogen) atoms. The highest BCUT2D eigenvalue weighted by Gasteiger charge is 2.20. The van der Waals surface area contributed by atoms with Crippen LogP contribution in [-0.4, -0.2) is 33.4 Å². The Kier molecular flexibility index (Phi) is 6.89. The van der Waals surface area contributed by atoms with E-state index in [1.807, 2.05) is 6.92 Å². The number of sulfonamides is 1. The lowest BCUT2D eigenvalue weighted by molar-refractivity contribution is -0.124. The largest absolute Gasteiger partial charge is 0.452 e. The van der Waals surface area contributed by atoms with Crippen LogP contribution in [0.25, 0.3) is 0 Å². The third-order valence-electron chi connectivity index (χ3n) is 3.42. The van der Waals surface area contributed by atoms with Gasteiger partial charge < -0.3 is 10.1 Å². The lowest BCUT2D eigenvalue weighted by atomic mass is 10.2. The minimum absolute atomic E-state index is 0.0132. The number of para-hydroxylation sites is 1. The summed E-state index contributed by atoms with van der Waals surface area (Å²) in [6.07, 6.45) is 0.744. The smallest absolute Gasteiger partial charge is 0.340 e. The number of ether oxygens (including phenoxy) is 1. The lowest BCUT2D eigenvalue weighted by Crippen LogP contribution is -2.29. The number of hydrogen-bond donors (Lipinski definition) is 2. The van der Waals surface area contributed by atoms with E-state index in [9.17, 15) is 22.4 Å². The Labute approximate surface area is 156 Å². The van der Waals surface area contributed by atoms with Gasteiger partial charge in [-0.05, 0) is 42.8 Å². The highest BCUT2D eigenvalue weighted by atomic mass is 32.2. The predicted octanol–water partition coefficient (Wildman–Crippen LogP) is 2.31. The molecule has 0 aromatic heterocycles. The molecule has 2 aromatic rings. The van der Waals surface area contributed by atoms with E-state index in [2.05, 4.69) is 10.0 Å². The van der Waals surface area contributed by atoms with Gasteiger partial charge in [0.05, 0.1) is 16.1 Å². The molecular weight excluding hydrogens is 375 g/mol. The molecule has 0 radical (unpaired) electrons. The van der Waals surface area contributed by atoms with Gasteiger partial charge in [-0.15, -0.1) is 0 Å². The molecule has 0 unspecified atom stereocenters. The van der Waals surface area contributed by atoms with E-state index in [0.717, 1.165) is 30.7 Å². The quantitative estimate of drug-likeness (QED) is 0.669. The topological polar surface area (TPSA) is 102 Å². The predicted molar refractivity (Wildman–Crippen MR) is 97.2 cm³/mol. The fourth-order valence-corrected chi connectivity index (χ4v) is 3.17. The Morgan fingerprint density at radius 3 is 2.41 bits per heavy atom. The maximum absolute atomic E-state index is 13.0. The van der Waals surface area contributed by atoms with Gasteiger partial charge in [-0.1, -0.05) is 19.1 Å². The molecule has 0 atom stereocenters. The van der Waals surface area contributed by atoms with Gasteiger partial charge >= 0.3 is 5.97 Å². The zero-order valence-electron chi connectivity index (χ0n) is 14.6. The normalized spacial score (nSPS) is 10.9. The van der Waals surface area contributed by atoms with Gasteiger partial charge in [0.1, 0.15) is 5.82 Å². The van der Waals surface area contributed by atoms with Crippen LogP contribution in [0, 0.1) is 5.82 Å². The summed E-state index contributed by atoms with van der Waals surface area (Å²) in [5, 5.41) is 2.56. The summed E-state index contributed by atoms with van der Waals surface area (Å²) in [7, 11) is -4.03. The van der Waals surface area contributed by atoms with Gasteiger partial charge in [0, 0.05) is 6.54 Å². The third kappa shape index (κ3) is 5.78. The third-order valence-corrected chi connectivity index (χ3v) is 4.80. The van der Waals surface area contributed by atoms with Gasteiger partial charge in [-0.2, -0.15) is 0 Å². The number of amides is 1. The Bertz CT molecular complexity index is 914. The molecule has 144 valence electrons. The lowest BCUT2D eigenvalue weighted by Gasteiger charge is -2.12. The molecule has 0 saturated carbocycles. The first-order valence-corrected chi connectivity index (χ1v) is 9.63. The average molecular weight is 394 g/mol. The fourth-order valence-electron chi connectivity index (χ4n) is 2.09. The Hall–Kier alpha value is -2.94. The molecule has 1 amide bonds. The van der Waals surface area contributed by atoms with Gasteiger partial charge in [0.2, 0.25) is 0 Å². The molecule has 0 bridgehead atoms. The van der Waals surface area contributed by atoms with E-state index in [1.54, 1.807) is 0 Å². The number of rotatable bonds is 8. The van der Waals surface area contributed by atoms with Crippen molar-refractivity contribution in [1.29, 1.82) is 0 Å². The van der Waals surface area contributed by atoms with E-state index in [4.69, 9.17) is 4.74 Å². The van der Waals surface area contributed by atoms with Crippen molar-refractivity contribution in [3.63, 3.8) is 0 Å². The molecule has 2 aromatic carbocycles. The molecule has 0 spiro atoms. The zero-order chi connectivity index (χ0) is 19.9. The minimum atomic E-state index is -4.03. The van der Waals surface area contributed by atoms with Crippen molar-refractivity contribution >= 4 is 27.6 Å². The van der Waals surface area contributed by atoms with E-state index >= 15 is 0 Å². The fraction of sp³-hybridized carbons (Fsp3) is 0.222. The van der Waals surface area contributed by atoms with Crippen LogP contribution in [0.3, 0.4) is 0 Å². The Morgan fingerprint density at radius 2 is 1.74 bits per heavy atom. The molecule has 0 fully saturated rings. The van der Waals surface area contributed by atoms with Crippen molar-refractivity contribution in [1.82, 2.24) is 5.32 Å². The van der Waals surface area contributed by atoms with Crippen molar-refractivity contribution in [3.05, 3.63) is 59.9 Å². The second kappa shape index (κ2) is 9.13. The summed E-state index contributed by atoms with van der Waals surface area (Å²) < 4.78 is 45.0. The second-order valence-electron chi connectivity index (χ2n) is 5.53. The van der Waals surface area contributed by atoms with Crippen LogP contribution in [0.4, 0.5) is 10.1 Å². The van der Waals surface area contributed by atoms with Crippen LogP contribution in [-0.2, 0) is 19.6 Å². The molecule has 2 N–H and O–H groups in total. The number of nitrogens with one attached hydrogen (secondary N) is 2. The summed E-state index contributed by atoms with van der Waals surface area (Å²) in [6, 6.07) is 10.1. The molecular formula is C18H19FN2O5S. The maximum Gasteiger partial charge on any atom is 0.340 e. The van der Waals surface area contributed by atoms with Gasteiger partial charge in [-0.25, -0.2) is 17.6 Å². The van der Waals surface area contributed by atoms with Crippen LogP contribution < -0.4 is 10.0 Å². The highest BCUT2D eigenvalue weighted by Crippen LogP contribution is 2.21. The zero-order valence-corrected chi connectivity index (χ0v) is 15.4. The molecule has 9 heteroatoms. The van der Waals surface area contributed by atoms with E-state index < -0.39 is 34.3 Å². The Balaban J connectivity index is 2.14. The van der Waals surface area contributed by atoms with E-state index in [0.29, 0.717) is 6.54 Å². The number of anilines is 1. The highest BCUT2D eigenvalue weighted by molar-refractivity contribution is 7.92. The van der Waals surface area contributed by atoms with Crippen molar-refractivity contribution in [2.24, 2.45) is 0 Å². The molecule has 0 aliphatic carbocycles. The second-order valence-corrected chi connectivity index (χ2v) is 7.21. The minimum Gasteiger partial charge on any atom is -0.452 e. The monoisotopic (exact) mass is 394 g/mol. The number of esters is 1. The van der Waals surface area contributed by atoms with Crippen LogP contribution in [0.1, 0.15) is 23.7 Å². The van der Waals surface area contributed by atoms with Gasteiger partial charge in [-0.3, -0.25) is 9.52 Å². The van der Waals surface area contributed by atoms with Crippen LogP contribution in [0.2, 0.25) is 0 Å². The first-order chi connectivity index (χ1) is 12.8. The number of hydrogen-bond acceptors (Lipinski definition) is 5. The standard InChI is InChI=1S/C18H19FN2O5S/c1-2-11-20-17(22)12-26-18(23)15-5-3-4-6-16(15)21-27(24,25)14-9-7-13(19)8-10-14/h3-10,21H,2,11-12H2,1H3,(H,20,22). The molecule has 0 aliphatic rings. The molecule has 0 aliphatic heterocycles. The summed E-state index contributed by atoms with van der Waals surface area (Å²) in [6.45, 7) is 1.87. The average Bonchev–Trinajstić information content (AvgIpc) is 2.65. The number of benzene rings is 2. The molecule has 2 rings (SSSR count). The van der Waals surface area contributed by atoms with Crippen LogP contribution in [0.15, 0.2) is 53.4 Å². The van der Waals surface area contributed by atoms with Crippen molar-refractivity contribution in [3.8, 4) is 0 Å². The first-order valence-electron chi connectivity index (χ1n) is 8.14. The Morgan fingerprint density at radius 1 is 1.07 bits per heavy atom. The number of halogens is 1. The van der Waals surface area contributed by atoms with E-state index in [1.165, 1.54) is 24.3 Å². The summed E-state index contributed by atoms with van der Waals surface area (Å²) >= 11 is 0. The van der Waals surface area contributed by atoms with Gasteiger partial charge in [0.25, 0.3) is 15.9 Å². The SMILES string of the molecule is CCCNC(=O)COC(=O)c1ccccc1NS(=O)(=O)c1ccc(F)cc1. The summed E-state index contributed by atoms with van der Waals surface area (Å²) in [4.78, 5) is 23.6.